The van der Waals surface area contributed by atoms with Crippen molar-refractivity contribution in [1.82, 2.24) is 4.90 Å². The van der Waals surface area contributed by atoms with E-state index in [2.05, 4.69) is 11.9 Å². The highest BCUT2D eigenvalue weighted by atomic mass is 19.1. The molecule has 5 heteroatoms. The van der Waals surface area contributed by atoms with Crippen LogP contribution >= 0.6 is 0 Å². The molecule has 1 aromatic carbocycles. The molecule has 0 bridgehead atoms. The topological polar surface area (TPSA) is 41.9 Å². The lowest BCUT2D eigenvalue weighted by atomic mass is 9.69. The number of benzene rings is 1. The maximum absolute atomic E-state index is 14.4. The normalized spacial score (nSPS) is 31.1. The summed E-state index contributed by atoms with van der Waals surface area (Å²) in [6.45, 7) is 0.914. The highest BCUT2D eigenvalue weighted by molar-refractivity contribution is 5.49. The molecule has 1 aliphatic heterocycles. The molecule has 0 spiro atoms. The molecule has 1 aromatic rings. The Morgan fingerprint density at radius 3 is 2.77 bits per heavy atom. The van der Waals surface area contributed by atoms with Gasteiger partial charge in [0.1, 0.15) is 0 Å². The largest absolute Gasteiger partial charge is 0.493 e. The molecule has 3 atom stereocenters. The Bertz CT molecular complexity index is 604. The highest BCUT2D eigenvalue weighted by Crippen LogP contribution is 2.47. The molecule has 0 radical (unpaired) electrons. The number of aliphatic hydroxyl groups is 1. The van der Waals surface area contributed by atoms with E-state index in [4.69, 9.17) is 9.47 Å². The van der Waals surface area contributed by atoms with Crippen LogP contribution in [0, 0.1) is 5.82 Å². The number of ether oxygens (including phenoxy) is 2. The molecule has 22 heavy (non-hydrogen) atoms. The Labute approximate surface area is 130 Å². The van der Waals surface area contributed by atoms with Crippen LogP contribution in [-0.4, -0.2) is 50.0 Å². The standard InChI is InChI=1S/C17H22FNO3/c1-19-7-6-17(5-4-12(20)10-15(17)19)11-8-13(18)16(22-3)14(9-11)21-2/h4-5,8-9,12,15,20H,6-7,10H2,1-3H3/t12-,15-,17-/m0/s1. The van der Waals surface area contributed by atoms with E-state index >= 15 is 0 Å². The minimum Gasteiger partial charge on any atom is -0.493 e. The van der Waals surface area contributed by atoms with E-state index in [9.17, 15) is 9.50 Å². The molecule has 1 aliphatic carbocycles. The minimum absolute atomic E-state index is 0.130. The number of rotatable bonds is 3. The first kappa shape index (κ1) is 15.3. The first-order chi connectivity index (χ1) is 10.5. The number of hydrogen-bond acceptors (Lipinski definition) is 4. The van der Waals surface area contributed by atoms with Crippen molar-refractivity contribution in [2.24, 2.45) is 0 Å². The molecule has 0 unspecified atom stereocenters. The summed E-state index contributed by atoms with van der Waals surface area (Å²) >= 11 is 0. The molecule has 1 N–H and O–H groups in total. The fourth-order valence-corrected chi connectivity index (χ4v) is 3.87. The fourth-order valence-electron chi connectivity index (χ4n) is 3.87. The Hall–Kier alpha value is -1.59. The molecular weight excluding hydrogens is 285 g/mol. The molecule has 2 aliphatic rings. The van der Waals surface area contributed by atoms with Crippen molar-refractivity contribution >= 4 is 0 Å². The van der Waals surface area contributed by atoms with E-state index in [1.807, 2.05) is 18.2 Å². The van der Waals surface area contributed by atoms with Crippen LogP contribution in [0.25, 0.3) is 0 Å². The summed E-state index contributed by atoms with van der Waals surface area (Å²) in [6, 6.07) is 3.55. The number of likely N-dealkylation sites (N-methyl/N-ethyl adjacent to an activating group) is 1. The third kappa shape index (κ3) is 2.20. The molecule has 120 valence electrons. The Morgan fingerprint density at radius 2 is 2.09 bits per heavy atom. The van der Waals surface area contributed by atoms with Gasteiger partial charge >= 0.3 is 0 Å². The zero-order chi connectivity index (χ0) is 15.9. The molecule has 1 heterocycles. The third-order valence-electron chi connectivity index (χ3n) is 5.06. The summed E-state index contributed by atoms with van der Waals surface area (Å²) < 4.78 is 24.8. The van der Waals surface area contributed by atoms with Crippen molar-refractivity contribution in [3.05, 3.63) is 35.7 Å². The number of fused-ring (bicyclic) bond motifs is 1. The molecule has 0 amide bonds. The Kier molecular flexibility index (Phi) is 3.87. The predicted octanol–water partition coefficient (Wildman–Crippen LogP) is 2.11. The lowest BCUT2D eigenvalue weighted by molar-refractivity contribution is 0.137. The summed E-state index contributed by atoms with van der Waals surface area (Å²) in [5, 5.41) is 9.94. The SMILES string of the molecule is COc1cc([C@@]23C=C[C@H](O)C[C@@H]2N(C)CC3)cc(F)c1OC. The van der Waals surface area contributed by atoms with Gasteiger partial charge in [-0.15, -0.1) is 0 Å². The van der Waals surface area contributed by atoms with Crippen LogP contribution in [-0.2, 0) is 5.41 Å². The molecule has 3 rings (SSSR count). The second-order valence-electron chi connectivity index (χ2n) is 6.14. The van der Waals surface area contributed by atoms with Gasteiger partial charge in [0.25, 0.3) is 0 Å². The van der Waals surface area contributed by atoms with Crippen molar-refractivity contribution in [2.75, 3.05) is 27.8 Å². The average molecular weight is 307 g/mol. The quantitative estimate of drug-likeness (QED) is 0.869. The average Bonchev–Trinajstić information content (AvgIpc) is 2.84. The smallest absolute Gasteiger partial charge is 0.196 e. The molecule has 0 aromatic heterocycles. The van der Waals surface area contributed by atoms with Crippen molar-refractivity contribution in [3.8, 4) is 11.5 Å². The number of likely N-dealkylation sites (tertiary alicyclic amines) is 1. The minimum atomic E-state index is -0.441. The van der Waals surface area contributed by atoms with Gasteiger partial charge in [-0.05, 0) is 44.1 Å². The highest BCUT2D eigenvalue weighted by Gasteiger charge is 2.48. The second-order valence-corrected chi connectivity index (χ2v) is 6.14. The van der Waals surface area contributed by atoms with E-state index in [1.165, 1.54) is 20.3 Å². The lowest BCUT2D eigenvalue weighted by Gasteiger charge is -2.39. The first-order valence-electron chi connectivity index (χ1n) is 7.51. The van der Waals surface area contributed by atoms with Crippen LogP contribution in [0.15, 0.2) is 24.3 Å². The summed E-state index contributed by atoms with van der Waals surface area (Å²) in [5.41, 5.74) is 0.592. The monoisotopic (exact) mass is 307 g/mol. The lowest BCUT2D eigenvalue weighted by Crippen LogP contribution is -2.44. The molecule has 0 saturated carbocycles. The zero-order valence-corrected chi connectivity index (χ0v) is 13.2. The van der Waals surface area contributed by atoms with Crippen LogP contribution in [0.4, 0.5) is 4.39 Å². The van der Waals surface area contributed by atoms with E-state index < -0.39 is 11.9 Å². The third-order valence-corrected chi connectivity index (χ3v) is 5.06. The Morgan fingerprint density at radius 1 is 1.32 bits per heavy atom. The van der Waals surface area contributed by atoms with Crippen LogP contribution < -0.4 is 9.47 Å². The van der Waals surface area contributed by atoms with Gasteiger partial charge in [-0.25, -0.2) is 4.39 Å². The van der Waals surface area contributed by atoms with Crippen LogP contribution in [0.5, 0.6) is 11.5 Å². The zero-order valence-electron chi connectivity index (χ0n) is 13.2. The van der Waals surface area contributed by atoms with Gasteiger partial charge in [0.05, 0.1) is 20.3 Å². The number of nitrogens with zero attached hydrogens (tertiary/aromatic N) is 1. The summed E-state index contributed by atoms with van der Waals surface area (Å²) in [6.07, 6.45) is 4.97. The molecule has 1 saturated heterocycles. The van der Waals surface area contributed by atoms with Crippen molar-refractivity contribution in [2.45, 2.75) is 30.4 Å². The van der Waals surface area contributed by atoms with E-state index in [0.29, 0.717) is 12.2 Å². The first-order valence-corrected chi connectivity index (χ1v) is 7.51. The van der Waals surface area contributed by atoms with Gasteiger partial charge in [0.2, 0.25) is 0 Å². The van der Waals surface area contributed by atoms with Crippen LogP contribution in [0.3, 0.4) is 0 Å². The molecule has 4 nitrogen and oxygen atoms in total. The van der Waals surface area contributed by atoms with Crippen LogP contribution in [0.1, 0.15) is 18.4 Å². The maximum atomic E-state index is 14.4. The second kappa shape index (κ2) is 5.56. The number of hydrogen-bond donors (Lipinski definition) is 1. The van der Waals surface area contributed by atoms with Gasteiger partial charge in [-0.1, -0.05) is 12.2 Å². The molecular formula is C17H22FNO3. The summed E-state index contributed by atoms with van der Waals surface area (Å²) in [5.74, 6) is 0.115. The van der Waals surface area contributed by atoms with Gasteiger partial charge < -0.3 is 19.5 Å². The summed E-state index contributed by atoms with van der Waals surface area (Å²) in [4.78, 5) is 2.24. The van der Waals surface area contributed by atoms with Gasteiger partial charge in [-0.3, -0.25) is 0 Å². The van der Waals surface area contributed by atoms with Crippen molar-refractivity contribution in [1.29, 1.82) is 0 Å². The van der Waals surface area contributed by atoms with Crippen LogP contribution in [0.2, 0.25) is 0 Å². The van der Waals surface area contributed by atoms with Gasteiger partial charge in [0, 0.05) is 11.5 Å². The van der Waals surface area contributed by atoms with Crippen molar-refractivity contribution in [3.63, 3.8) is 0 Å². The van der Waals surface area contributed by atoms with Gasteiger partial charge in [0.15, 0.2) is 17.3 Å². The van der Waals surface area contributed by atoms with Gasteiger partial charge in [-0.2, -0.15) is 0 Å². The predicted molar refractivity (Wildman–Crippen MR) is 82.0 cm³/mol. The number of methoxy groups -OCH3 is 2. The fraction of sp³-hybridized carbons (Fsp3) is 0.529. The number of aliphatic hydroxyl groups excluding tert-OH is 1. The summed E-state index contributed by atoms with van der Waals surface area (Å²) in [7, 11) is 4.99. The van der Waals surface area contributed by atoms with Crippen molar-refractivity contribution < 1.29 is 19.0 Å². The number of halogens is 1. The maximum Gasteiger partial charge on any atom is 0.196 e. The van der Waals surface area contributed by atoms with E-state index in [0.717, 1.165) is 18.5 Å². The van der Waals surface area contributed by atoms with E-state index in [1.54, 1.807) is 0 Å². The Balaban J connectivity index is 2.13. The van der Waals surface area contributed by atoms with E-state index in [-0.39, 0.29) is 17.2 Å². The molecule has 1 fully saturated rings.